The van der Waals surface area contributed by atoms with Gasteiger partial charge in [0, 0.05) is 31.1 Å². The molecule has 2 heterocycles. The minimum Gasteiger partial charge on any atom is -0.357 e. The number of hydrogen-bond donors (Lipinski definition) is 1. The number of aliphatic imine (C=N–C) groups is 1. The first-order valence-electron chi connectivity index (χ1n) is 5.68. The average Bonchev–Trinajstić information content (AvgIpc) is 2.39. The summed E-state index contributed by atoms with van der Waals surface area (Å²) >= 11 is 1.90. The lowest BCUT2D eigenvalue weighted by molar-refractivity contribution is 0.356. The van der Waals surface area contributed by atoms with Gasteiger partial charge >= 0.3 is 0 Å². The third-order valence-corrected chi connectivity index (χ3v) is 4.01. The van der Waals surface area contributed by atoms with Gasteiger partial charge < -0.3 is 10.2 Å². The highest BCUT2D eigenvalue weighted by molar-refractivity contribution is 8.00. The fraction of sp³-hybridized carbons (Fsp3) is 0.417. The Labute approximate surface area is 99.9 Å². The molecule has 0 bridgehead atoms. The van der Waals surface area contributed by atoms with Crippen LogP contribution in [0.1, 0.15) is 0 Å². The third kappa shape index (κ3) is 1.95. The van der Waals surface area contributed by atoms with Gasteiger partial charge in [0.05, 0.1) is 11.4 Å². The molecule has 0 saturated carbocycles. The highest BCUT2D eigenvalue weighted by Gasteiger charge is 2.18. The van der Waals surface area contributed by atoms with Gasteiger partial charge in [-0.1, -0.05) is 12.1 Å². The molecule has 0 aromatic heterocycles. The standard InChI is InChI=1S/C12H15N3S/c1-2-4-11-10(3-1)14-12(9-16-11)15-7-5-13-6-8-15/h1-4,13H,5-9H2. The summed E-state index contributed by atoms with van der Waals surface area (Å²) in [5.74, 6) is 2.25. The summed E-state index contributed by atoms with van der Waals surface area (Å²) in [6.45, 7) is 4.32. The second kappa shape index (κ2) is 4.47. The third-order valence-electron chi connectivity index (χ3n) is 2.95. The number of nitrogens with zero attached hydrogens (tertiary/aromatic N) is 2. The van der Waals surface area contributed by atoms with Gasteiger partial charge in [-0.05, 0) is 12.1 Å². The predicted molar refractivity (Wildman–Crippen MR) is 68.7 cm³/mol. The van der Waals surface area contributed by atoms with Gasteiger partial charge in [-0.25, -0.2) is 4.99 Å². The summed E-state index contributed by atoms with van der Waals surface area (Å²) in [6, 6.07) is 8.39. The number of nitrogens with one attached hydrogen (secondary N) is 1. The summed E-state index contributed by atoms with van der Waals surface area (Å²) in [4.78, 5) is 8.47. The normalized spacial score (nSPS) is 20.2. The van der Waals surface area contributed by atoms with Crippen LogP contribution in [-0.2, 0) is 0 Å². The van der Waals surface area contributed by atoms with Crippen LogP contribution in [0.3, 0.4) is 0 Å². The number of fused-ring (bicyclic) bond motifs is 1. The zero-order chi connectivity index (χ0) is 10.8. The number of thioether (sulfide) groups is 1. The maximum absolute atomic E-state index is 4.76. The Kier molecular flexibility index (Phi) is 2.84. The van der Waals surface area contributed by atoms with E-state index in [2.05, 4.69) is 34.5 Å². The van der Waals surface area contributed by atoms with Gasteiger partial charge in [-0.3, -0.25) is 0 Å². The molecule has 2 aliphatic heterocycles. The summed E-state index contributed by atoms with van der Waals surface area (Å²) in [6.07, 6.45) is 0. The molecule has 84 valence electrons. The van der Waals surface area contributed by atoms with Crippen molar-refractivity contribution in [2.45, 2.75) is 4.90 Å². The van der Waals surface area contributed by atoms with Crippen LogP contribution in [0.4, 0.5) is 5.69 Å². The molecule has 0 atom stereocenters. The molecular weight excluding hydrogens is 218 g/mol. The van der Waals surface area contributed by atoms with E-state index in [1.807, 2.05) is 11.8 Å². The highest BCUT2D eigenvalue weighted by Crippen LogP contribution is 2.33. The van der Waals surface area contributed by atoms with E-state index in [1.54, 1.807) is 0 Å². The van der Waals surface area contributed by atoms with Crippen LogP contribution >= 0.6 is 11.8 Å². The van der Waals surface area contributed by atoms with Crippen LogP contribution in [0.5, 0.6) is 0 Å². The van der Waals surface area contributed by atoms with Gasteiger partial charge in [0.15, 0.2) is 0 Å². The fourth-order valence-electron chi connectivity index (χ4n) is 2.07. The maximum Gasteiger partial charge on any atom is 0.115 e. The Hall–Kier alpha value is -1.000. The molecular formula is C12H15N3S. The van der Waals surface area contributed by atoms with Crippen LogP contribution in [0.25, 0.3) is 0 Å². The molecule has 1 aromatic carbocycles. The van der Waals surface area contributed by atoms with Crippen LogP contribution in [0.15, 0.2) is 34.2 Å². The minimum atomic E-state index is 1.01. The molecule has 3 rings (SSSR count). The van der Waals surface area contributed by atoms with Gasteiger partial charge in [0.1, 0.15) is 5.84 Å². The van der Waals surface area contributed by atoms with Crippen molar-refractivity contribution in [3.05, 3.63) is 24.3 Å². The molecule has 1 fully saturated rings. The Bertz CT molecular complexity index is 410. The zero-order valence-corrected chi connectivity index (χ0v) is 9.96. The molecule has 0 aliphatic carbocycles. The van der Waals surface area contributed by atoms with Crippen LogP contribution < -0.4 is 5.32 Å². The van der Waals surface area contributed by atoms with Crippen LogP contribution in [0.2, 0.25) is 0 Å². The molecule has 0 amide bonds. The number of piperazine rings is 1. The maximum atomic E-state index is 4.76. The van der Waals surface area contributed by atoms with Crippen molar-refractivity contribution in [1.29, 1.82) is 0 Å². The summed E-state index contributed by atoms with van der Waals surface area (Å²) < 4.78 is 0. The number of para-hydroxylation sites is 1. The van der Waals surface area contributed by atoms with Gasteiger partial charge in [0.2, 0.25) is 0 Å². The first kappa shape index (κ1) is 10.2. The second-order valence-electron chi connectivity index (χ2n) is 4.02. The van der Waals surface area contributed by atoms with Crippen molar-refractivity contribution in [3.8, 4) is 0 Å². The minimum absolute atomic E-state index is 1.01. The summed E-state index contributed by atoms with van der Waals surface area (Å²) in [7, 11) is 0. The van der Waals surface area contributed by atoms with Crippen molar-refractivity contribution >= 4 is 23.3 Å². The van der Waals surface area contributed by atoms with Gasteiger partial charge in [0.25, 0.3) is 0 Å². The lowest BCUT2D eigenvalue weighted by atomic mass is 10.3. The molecule has 0 unspecified atom stereocenters. The van der Waals surface area contributed by atoms with E-state index in [4.69, 9.17) is 4.99 Å². The zero-order valence-electron chi connectivity index (χ0n) is 9.15. The van der Waals surface area contributed by atoms with E-state index in [0.717, 1.165) is 37.6 Å². The predicted octanol–water partition coefficient (Wildman–Crippen LogP) is 1.73. The van der Waals surface area contributed by atoms with Gasteiger partial charge in [-0.15, -0.1) is 11.8 Å². The van der Waals surface area contributed by atoms with Crippen molar-refractivity contribution in [1.82, 2.24) is 10.2 Å². The number of rotatable bonds is 0. The van der Waals surface area contributed by atoms with E-state index in [1.165, 1.54) is 10.7 Å². The monoisotopic (exact) mass is 233 g/mol. The smallest absolute Gasteiger partial charge is 0.115 e. The lowest BCUT2D eigenvalue weighted by Gasteiger charge is -2.31. The molecule has 4 heteroatoms. The summed E-state index contributed by atoms with van der Waals surface area (Å²) in [5, 5.41) is 3.37. The Morgan fingerprint density at radius 2 is 2.00 bits per heavy atom. The molecule has 1 N–H and O–H groups in total. The molecule has 3 nitrogen and oxygen atoms in total. The SMILES string of the molecule is c1ccc2c(c1)N=C(N1CCNCC1)CS2. The lowest BCUT2D eigenvalue weighted by Crippen LogP contribution is -2.47. The van der Waals surface area contributed by atoms with E-state index in [-0.39, 0.29) is 0 Å². The molecule has 1 aromatic rings. The van der Waals surface area contributed by atoms with Crippen molar-refractivity contribution in [2.24, 2.45) is 4.99 Å². The first-order valence-corrected chi connectivity index (χ1v) is 6.67. The van der Waals surface area contributed by atoms with Gasteiger partial charge in [-0.2, -0.15) is 0 Å². The van der Waals surface area contributed by atoms with Crippen molar-refractivity contribution < 1.29 is 0 Å². The molecule has 16 heavy (non-hydrogen) atoms. The van der Waals surface area contributed by atoms with Crippen LogP contribution in [-0.4, -0.2) is 42.7 Å². The van der Waals surface area contributed by atoms with Crippen molar-refractivity contribution in [3.63, 3.8) is 0 Å². The average molecular weight is 233 g/mol. The molecule has 2 aliphatic rings. The quantitative estimate of drug-likeness (QED) is 0.739. The van der Waals surface area contributed by atoms with E-state index in [9.17, 15) is 0 Å². The molecule has 1 saturated heterocycles. The van der Waals surface area contributed by atoms with Crippen LogP contribution in [0, 0.1) is 0 Å². The molecule has 0 radical (unpaired) electrons. The highest BCUT2D eigenvalue weighted by atomic mass is 32.2. The Morgan fingerprint density at radius 1 is 1.19 bits per heavy atom. The van der Waals surface area contributed by atoms with E-state index in [0.29, 0.717) is 0 Å². The number of hydrogen-bond acceptors (Lipinski definition) is 4. The van der Waals surface area contributed by atoms with Crippen molar-refractivity contribution in [2.75, 3.05) is 31.9 Å². The Morgan fingerprint density at radius 3 is 2.88 bits per heavy atom. The number of benzene rings is 1. The largest absolute Gasteiger partial charge is 0.357 e. The fourth-order valence-corrected chi connectivity index (χ4v) is 3.04. The summed E-state index contributed by atoms with van der Waals surface area (Å²) in [5.41, 5.74) is 1.13. The van der Waals surface area contributed by atoms with E-state index < -0.39 is 0 Å². The topological polar surface area (TPSA) is 27.6 Å². The Balaban J connectivity index is 1.85. The second-order valence-corrected chi connectivity index (χ2v) is 5.04. The van der Waals surface area contributed by atoms with E-state index >= 15 is 0 Å². The molecule has 0 spiro atoms. The number of amidine groups is 1. The first-order chi connectivity index (χ1) is 7.93.